The molecule has 0 unspecified atom stereocenters. The molecule has 0 aromatic heterocycles. The van der Waals surface area contributed by atoms with Crippen molar-refractivity contribution in [2.45, 2.75) is 44.9 Å². The Morgan fingerprint density at radius 3 is 2.02 bits per heavy atom. The summed E-state index contributed by atoms with van der Waals surface area (Å²) >= 11 is 0. The molecule has 3 aliphatic carbocycles. The maximum atomic E-state index is 2.55. The van der Waals surface area contributed by atoms with Gasteiger partial charge in [0.15, 0.2) is 0 Å². The van der Waals surface area contributed by atoms with E-state index in [4.69, 9.17) is 0 Å². The zero-order valence-corrected chi connectivity index (χ0v) is 29.7. The van der Waals surface area contributed by atoms with Crippen LogP contribution in [-0.2, 0) is 18.3 Å². The quantitative estimate of drug-likeness (QED) is 0.181. The van der Waals surface area contributed by atoms with Crippen LogP contribution in [0.2, 0.25) is 0 Å². The first kappa shape index (κ1) is 29.8. The maximum Gasteiger partial charge on any atom is 0.0540 e. The highest BCUT2D eigenvalue weighted by Gasteiger charge is 2.38. The second-order valence-corrected chi connectivity index (χ2v) is 15.5. The average molecular weight is 666 g/mol. The van der Waals surface area contributed by atoms with Crippen LogP contribution in [-0.4, -0.2) is 0 Å². The standard InChI is InChI=1S/C51H39N/c1-51(2)46-24-10-9-20-43(46)50-45(38-21-11-16-33-14-5-6-17-37(33)38)30-36(31-47(50)51)52(35-26-25-32-13-3-4-15-34(32)29-35)48-28-27-42-40-19-8-7-18-39(40)41-22-12-23-44(48)49(41)42/h3-4,7-13,15-16,18-31H,5-6,14,17H2,1-2H3. The van der Waals surface area contributed by atoms with Gasteiger partial charge in [-0.1, -0.05) is 135 Å². The molecule has 1 nitrogen and oxygen atoms in total. The predicted molar refractivity (Wildman–Crippen MR) is 220 cm³/mol. The molecule has 11 rings (SSSR count). The predicted octanol–water partition coefficient (Wildman–Crippen LogP) is 14.0. The molecule has 0 spiro atoms. The highest BCUT2D eigenvalue weighted by atomic mass is 15.1. The molecule has 0 atom stereocenters. The van der Waals surface area contributed by atoms with Crippen molar-refractivity contribution in [1.82, 2.24) is 0 Å². The molecule has 0 bridgehead atoms. The molecule has 0 fully saturated rings. The minimum Gasteiger partial charge on any atom is -0.310 e. The molecule has 0 aliphatic heterocycles. The third-order valence-corrected chi connectivity index (χ3v) is 12.4. The normalized spacial score (nSPS) is 14.6. The monoisotopic (exact) mass is 665 g/mol. The SMILES string of the molecule is CC1(C)c2ccccc2-c2c(-c3cccc4c3CCCC4)cc(N(c3ccc4ccccc4c3)c3ccc4c5c(cccc35)-c3ccccc3-4)cc21. The van der Waals surface area contributed by atoms with Crippen molar-refractivity contribution >= 4 is 38.6 Å². The van der Waals surface area contributed by atoms with Gasteiger partial charge in [-0.2, -0.15) is 0 Å². The van der Waals surface area contributed by atoms with E-state index in [1.165, 1.54) is 125 Å². The Labute approximate surface area is 305 Å². The van der Waals surface area contributed by atoms with Crippen molar-refractivity contribution in [1.29, 1.82) is 0 Å². The Balaban J connectivity index is 1.24. The first-order valence-corrected chi connectivity index (χ1v) is 18.9. The van der Waals surface area contributed by atoms with Gasteiger partial charge in [0.25, 0.3) is 0 Å². The van der Waals surface area contributed by atoms with Crippen LogP contribution in [0, 0.1) is 0 Å². The lowest BCUT2D eigenvalue weighted by molar-refractivity contribution is 0.660. The molecule has 0 radical (unpaired) electrons. The Morgan fingerprint density at radius 1 is 0.462 bits per heavy atom. The van der Waals surface area contributed by atoms with E-state index in [9.17, 15) is 0 Å². The summed E-state index contributed by atoms with van der Waals surface area (Å²) in [5.41, 5.74) is 20.1. The number of benzene rings is 8. The van der Waals surface area contributed by atoms with Crippen LogP contribution in [0.3, 0.4) is 0 Å². The van der Waals surface area contributed by atoms with Crippen LogP contribution in [0.15, 0.2) is 152 Å². The van der Waals surface area contributed by atoms with Gasteiger partial charge in [0, 0.05) is 22.2 Å². The molecule has 3 aliphatic rings. The van der Waals surface area contributed by atoms with Crippen molar-refractivity contribution < 1.29 is 0 Å². The van der Waals surface area contributed by atoms with Gasteiger partial charge in [-0.3, -0.25) is 0 Å². The zero-order valence-electron chi connectivity index (χ0n) is 29.7. The van der Waals surface area contributed by atoms with Crippen molar-refractivity contribution in [3.05, 3.63) is 174 Å². The number of fused-ring (bicyclic) bond motifs is 8. The summed E-state index contributed by atoms with van der Waals surface area (Å²) in [5, 5.41) is 5.12. The van der Waals surface area contributed by atoms with E-state index < -0.39 is 0 Å². The second kappa shape index (κ2) is 11.0. The van der Waals surface area contributed by atoms with Crippen LogP contribution in [0.25, 0.3) is 66.1 Å². The van der Waals surface area contributed by atoms with Crippen molar-refractivity contribution in [3.8, 4) is 44.5 Å². The fourth-order valence-electron chi connectivity index (χ4n) is 9.91. The van der Waals surface area contributed by atoms with Crippen LogP contribution in [0.5, 0.6) is 0 Å². The summed E-state index contributed by atoms with van der Waals surface area (Å²) in [7, 11) is 0. The molecule has 0 amide bonds. The molecule has 248 valence electrons. The van der Waals surface area contributed by atoms with Gasteiger partial charge in [-0.25, -0.2) is 0 Å². The minimum atomic E-state index is -0.149. The summed E-state index contributed by atoms with van der Waals surface area (Å²) in [6, 6.07) is 57.4. The summed E-state index contributed by atoms with van der Waals surface area (Å²) < 4.78 is 0. The summed E-state index contributed by atoms with van der Waals surface area (Å²) in [6.45, 7) is 4.84. The summed E-state index contributed by atoms with van der Waals surface area (Å²) in [6.07, 6.45) is 4.83. The Morgan fingerprint density at radius 2 is 1.15 bits per heavy atom. The first-order chi connectivity index (χ1) is 25.6. The number of rotatable bonds is 4. The van der Waals surface area contributed by atoms with E-state index in [-0.39, 0.29) is 5.41 Å². The molecule has 8 aromatic rings. The largest absolute Gasteiger partial charge is 0.310 e. The number of aryl methyl sites for hydroxylation is 1. The van der Waals surface area contributed by atoms with Gasteiger partial charge < -0.3 is 4.90 Å². The Bertz CT molecular complexity index is 2750. The van der Waals surface area contributed by atoms with E-state index in [1.54, 1.807) is 0 Å². The Kier molecular flexibility index (Phi) is 6.32. The lowest BCUT2D eigenvalue weighted by atomic mass is 9.80. The Hall–Kier alpha value is -5.92. The topological polar surface area (TPSA) is 3.24 Å². The fourth-order valence-corrected chi connectivity index (χ4v) is 9.91. The number of hydrogen-bond donors (Lipinski definition) is 0. The third-order valence-electron chi connectivity index (χ3n) is 12.4. The highest BCUT2D eigenvalue weighted by Crippen LogP contribution is 2.56. The van der Waals surface area contributed by atoms with Gasteiger partial charge in [-0.15, -0.1) is 0 Å². The molecule has 0 saturated carbocycles. The minimum absolute atomic E-state index is 0.149. The van der Waals surface area contributed by atoms with Crippen molar-refractivity contribution in [3.63, 3.8) is 0 Å². The van der Waals surface area contributed by atoms with E-state index >= 15 is 0 Å². The molecule has 8 aromatic carbocycles. The first-order valence-electron chi connectivity index (χ1n) is 18.9. The molecule has 0 N–H and O–H groups in total. The van der Waals surface area contributed by atoms with Gasteiger partial charge in [0.2, 0.25) is 0 Å². The van der Waals surface area contributed by atoms with Crippen molar-refractivity contribution in [2.75, 3.05) is 4.90 Å². The van der Waals surface area contributed by atoms with Crippen LogP contribution in [0.1, 0.15) is 48.9 Å². The third kappa shape index (κ3) is 4.17. The van der Waals surface area contributed by atoms with Gasteiger partial charge in [0.1, 0.15) is 0 Å². The zero-order chi connectivity index (χ0) is 34.6. The molecule has 0 heterocycles. The summed E-state index contributed by atoms with van der Waals surface area (Å²) in [4.78, 5) is 2.55. The van der Waals surface area contributed by atoms with Gasteiger partial charge in [0.05, 0.1) is 5.69 Å². The van der Waals surface area contributed by atoms with E-state index in [0.29, 0.717) is 0 Å². The summed E-state index contributed by atoms with van der Waals surface area (Å²) in [5.74, 6) is 0. The van der Waals surface area contributed by atoms with E-state index in [2.05, 4.69) is 170 Å². The van der Waals surface area contributed by atoms with Crippen molar-refractivity contribution in [2.24, 2.45) is 0 Å². The van der Waals surface area contributed by atoms with Crippen LogP contribution in [0.4, 0.5) is 17.1 Å². The lowest BCUT2D eigenvalue weighted by Gasteiger charge is -2.31. The lowest BCUT2D eigenvalue weighted by Crippen LogP contribution is -2.17. The average Bonchev–Trinajstić information content (AvgIpc) is 3.64. The number of hydrogen-bond acceptors (Lipinski definition) is 1. The van der Waals surface area contributed by atoms with Crippen LogP contribution < -0.4 is 4.90 Å². The molecule has 1 heteroatoms. The highest BCUT2D eigenvalue weighted by molar-refractivity contribution is 6.19. The smallest absolute Gasteiger partial charge is 0.0540 e. The van der Waals surface area contributed by atoms with Crippen LogP contribution >= 0.6 is 0 Å². The van der Waals surface area contributed by atoms with E-state index in [0.717, 1.165) is 6.42 Å². The molecule has 0 saturated heterocycles. The number of nitrogens with zero attached hydrogens (tertiary/aromatic N) is 1. The maximum absolute atomic E-state index is 2.55. The van der Waals surface area contributed by atoms with Gasteiger partial charge >= 0.3 is 0 Å². The fraction of sp³-hybridized carbons (Fsp3) is 0.137. The van der Waals surface area contributed by atoms with Gasteiger partial charge in [-0.05, 0) is 139 Å². The number of anilines is 3. The molecule has 52 heavy (non-hydrogen) atoms. The second-order valence-electron chi connectivity index (χ2n) is 15.5. The molecular formula is C51H39N. The van der Waals surface area contributed by atoms with E-state index in [1.807, 2.05) is 0 Å². The molecular weight excluding hydrogens is 627 g/mol.